The maximum Gasteiger partial charge on any atom is 0.338 e. The van der Waals surface area contributed by atoms with Crippen molar-refractivity contribution in [3.63, 3.8) is 0 Å². The zero-order valence-electron chi connectivity index (χ0n) is 19.6. The summed E-state index contributed by atoms with van der Waals surface area (Å²) in [4.78, 5) is 35.8. The van der Waals surface area contributed by atoms with Crippen LogP contribution in [0.1, 0.15) is 37.0 Å². The third-order valence-electron chi connectivity index (χ3n) is 5.43. The topological polar surface area (TPSA) is 103 Å². The normalized spacial score (nSPS) is 11.2. The number of fused-ring (bicyclic) bond motifs is 2. The molecule has 0 aromatic heterocycles. The molecule has 0 unspecified atom stereocenters. The van der Waals surface area contributed by atoms with E-state index in [4.69, 9.17) is 19.0 Å². The summed E-state index contributed by atoms with van der Waals surface area (Å²) in [5, 5.41) is 9.54. The SMILES string of the molecule is CC(C)COC(=O)c1ccccc1-c1c2ccc(=O)cc-2oc2cc(OCCCC(=O)O)ccc12. The maximum atomic E-state index is 13.0. The van der Waals surface area contributed by atoms with Crippen LogP contribution in [0.2, 0.25) is 0 Å². The molecule has 0 radical (unpaired) electrons. The van der Waals surface area contributed by atoms with Crippen LogP contribution >= 0.6 is 0 Å². The van der Waals surface area contributed by atoms with Gasteiger partial charge in [-0.15, -0.1) is 0 Å². The predicted molar refractivity (Wildman–Crippen MR) is 132 cm³/mol. The first-order chi connectivity index (χ1) is 16.8. The van der Waals surface area contributed by atoms with Crippen LogP contribution in [0.15, 0.2) is 69.9 Å². The van der Waals surface area contributed by atoms with Crippen molar-refractivity contribution in [3.05, 3.63) is 76.5 Å². The van der Waals surface area contributed by atoms with Gasteiger partial charge in [0.25, 0.3) is 0 Å². The van der Waals surface area contributed by atoms with Crippen LogP contribution in [0.4, 0.5) is 0 Å². The number of carboxylic acid groups (broad SMARTS) is 1. The quantitative estimate of drug-likeness (QED) is 0.191. The lowest BCUT2D eigenvalue weighted by molar-refractivity contribution is -0.137. The van der Waals surface area contributed by atoms with Gasteiger partial charge in [-0.05, 0) is 48.2 Å². The van der Waals surface area contributed by atoms with Crippen LogP contribution in [0, 0.1) is 5.92 Å². The first kappa shape index (κ1) is 24.0. The summed E-state index contributed by atoms with van der Waals surface area (Å²) in [6.07, 6.45) is 0.390. The number of aliphatic carboxylic acids is 1. The number of benzene rings is 3. The van der Waals surface area contributed by atoms with Crippen molar-refractivity contribution in [2.45, 2.75) is 26.7 Å². The van der Waals surface area contributed by atoms with E-state index in [1.54, 1.807) is 30.3 Å². The molecule has 0 saturated carbocycles. The van der Waals surface area contributed by atoms with E-state index in [1.807, 2.05) is 32.0 Å². The van der Waals surface area contributed by atoms with E-state index in [-0.39, 0.29) is 24.4 Å². The predicted octanol–water partition coefficient (Wildman–Crippen LogP) is 5.62. The third kappa shape index (κ3) is 5.51. The van der Waals surface area contributed by atoms with Gasteiger partial charge in [-0.1, -0.05) is 32.0 Å². The van der Waals surface area contributed by atoms with Crippen LogP contribution in [-0.4, -0.2) is 30.3 Å². The molecule has 1 aliphatic carbocycles. The summed E-state index contributed by atoms with van der Waals surface area (Å²) in [6.45, 7) is 4.50. The van der Waals surface area contributed by atoms with Gasteiger partial charge >= 0.3 is 11.9 Å². The molecule has 2 aromatic rings. The Morgan fingerprint density at radius 2 is 1.80 bits per heavy atom. The van der Waals surface area contributed by atoms with Gasteiger partial charge in [0.15, 0.2) is 5.43 Å². The lowest BCUT2D eigenvalue weighted by Crippen LogP contribution is -2.11. The molecule has 180 valence electrons. The number of carboxylic acids is 1. The molecule has 1 heterocycles. The highest BCUT2D eigenvalue weighted by molar-refractivity contribution is 6.07. The molecule has 0 fully saturated rings. The average Bonchev–Trinajstić information content (AvgIpc) is 2.83. The first-order valence-electron chi connectivity index (χ1n) is 11.4. The highest BCUT2D eigenvalue weighted by Crippen LogP contribution is 2.42. The van der Waals surface area contributed by atoms with Gasteiger partial charge in [0.1, 0.15) is 17.1 Å². The molecule has 0 amide bonds. The molecule has 0 spiro atoms. The van der Waals surface area contributed by atoms with Gasteiger partial charge < -0.3 is 19.0 Å². The van der Waals surface area contributed by atoms with E-state index in [9.17, 15) is 14.4 Å². The maximum absolute atomic E-state index is 13.0. The minimum Gasteiger partial charge on any atom is -0.493 e. The monoisotopic (exact) mass is 474 g/mol. The molecule has 35 heavy (non-hydrogen) atoms. The van der Waals surface area contributed by atoms with Crippen LogP contribution < -0.4 is 10.2 Å². The summed E-state index contributed by atoms with van der Waals surface area (Å²) >= 11 is 0. The van der Waals surface area contributed by atoms with E-state index < -0.39 is 11.9 Å². The van der Waals surface area contributed by atoms with Crippen LogP contribution in [0.3, 0.4) is 0 Å². The third-order valence-corrected chi connectivity index (χ3v) is 5.43. The summed E-state index contributed by atoms with van der Waals surface area (Å²) < 4.78 is 17.3. The first-order valence-corrected chi connectivity index (χ1v) is 11.4. The molecule has 1 aliphatic heterocycles. The molecule has 0 saturated heterocycles. The molecule has 2 aromatic carbocycles. The molecular weight excluding hydrogens is 448 g/mol. The molecule has 2 aliphatic rings. The molecule has 4 rings (SSSR count). The Morgan fingerprint density at radius 3 is 2.57 bits per heavy atom. The van der Waals surface area contributed by atoms with Crippen molar-refractivity contribution in [1.29, 1.82) is 0 Å². The van der Waals surface area contributed by atoms with Gasteiger partial charge in [-0.2, -0.15) is 0 Å². The lowest BCUT2D eigenvalue weighted by Gasteiger charge is -2.18. The van der Waals surface area contributed by atoms with Gasteiger partial charge in [0.05, 0.1) is 18.8 Å². The van der Waals surface area contributed by atoms with Crippen molar-refractivity contribution in [2.24, 2.45) is 5.92 Å². The van der Waals surface area contributed by atoms with E-state index in [0.29, 0.717) is 46.8 Å². The highest BCUT2D eigenvalue weighted by atomic mass is 16.5. The fraction of sp³-hybridized carbons (Fsp3) is 0.250. The smallest absolute Gasteiger partial charge is 0.338 e. The van der Waals surface area contributed by atoms with Gasteiger partial charge in [-0.3, -0.25) is 9.59 Å². The largest absolute Gasteiger partial charge is 0.493 e. The van der Waals surface area contributed by atoms with E-state index in [2.05, 4.69) is 0 Å². The van der Waals surface area contributed by atoms with E-state index >= 15 is 0 Å². The molecule has 0 atom stereocenters. The average molecular weight is 475 g/mol. The summed E-state index contributed by atoms with van der Waals surface area (Å²) in [5.41, 5.74) is 2.80. The molecule has 7 heteroatoms. The Kier molecular flexibility index (Phi) is 7.15. The van der Waals surface area contributed by atoms with Gasteiger partial charge in [-0.25, -0.2) is 4.79 Å². The van der Waals surface area contributed by atoms with E-state index in [1.165, 1.54) is 12.1 Å². The van der Waals surface area contributed by atoms with Crippen LogP contribution in [0.5, 0.6) is 5.75 Å². The van der Waals surface area contributed by atoms with E-state index in [0.717, 1.165) is 10.9 Å². The Labute approximate surface area is 202 Å². The standard InChI is InChI=1S/C28H26O7/c1-17(2)16-34-28(32)21-7-4-3-6-20(21)27-22-11-9-18(29)14-24(22)35-25-15-19(10-12-23(25)27)33-13-5-8-26(30)31/h3-4,6-7,9-12,14-15,17H,5,8,13,16H2,1-2H3,(H,30,31). The van der Waals surface area contributed by atoms with Crippen LogP contribution in [-0.2, 0) is 9.53 Å². The summed E-state index contributed by atoms with van der Waals surface area (Å²) in [6, 6.07) is 17.1. The van der Waals surface area contributed by atoms with Crippen LogP contribution in [0.25, 0.3) is 33.4 Å². The summed E-state index contributed by atoms with van der Waals surface area (Å²) in [5.74, 6) is -0.201. The second kappa shape index (κ2) is 10.4. The second-order valence-electron chi connectivity index (χ2n) is 8.68. The van der Waals surface area contributed by atoms with Crippen molar-refractivity contribution in [2.75, 3.05) is 13.2 Å². The van der Waals surface area contributed by atoms with Crippen molar-refractivity contribution >= 4 is 22.9 Å². The number of carbonyl (C=O) groups excluding carboxylic acids is 1. The number of hydrogen-bond acceptors (Lipinski definition) is 6. The molecule has 0 bridgehead atoms. The molecular formula is C28H26O7. The number of carbonyl (C=O) groups is 2. The number of rotatable bonds is 9. The Balaban J connectivity index is 1.83. The minimum absolute atomic E-state index is 0.0166. The van der Waals surface area contributed by atoms with Gasteiger partial charge in [0, 0.05) is 35.1 Å². The fourth-order valence-corrected chi connectivity index (χ4v) is 3.84. The van der Waals surface area contributed by atoms with Crippen molar-refractivity contribution in [3.8, 4) is 28.2 Å². The van der Waals surface area contributed by atoms with Crippen molar-refractivity contribution in [1.82, 2.24) is 0 Å². The highest BCUT2D eigenvalue weighted by Gasteiger charge is 2.22. The summed E-state index contributed by atoms with van der Waals surface area (Å²) in [7, 11) is 0. The molecule has 1 N–H and O–H groups in total. The minimum atomic E-state index is -0.878. The van der Waals surface area contributed by atoms with Gasteiger partial charge in [0.2, 0.25) is 0 Å². The fourth-order valence-electron chi connectivity index (χ4n) is 3.84. The zero-order chi connectivity index (χ0) is 24.9. The number of ether oxygens (including phenoxy) is 2. The Hall–Kier alpha value is -4.13. The van der Waals surface area contributed by atoms with Crippen molar-refractivity contribution < 1.29 is 28.6 Å². The Morgan fingerprint density at radius 1 is 1.00 bits per heavy atom. The number of esters is 1. The lowest BCUT2D eigenvalue weighted by atomic mass is 9.91. The number of hydrogen-bond donors (Lipinski definition) is 1. The Bertz CT molecular complexity index is 1400. The molecule has 7 nitrogen and oxygen atoms in total. The zero-order valence-corrected chi connectivity index (χ0v) is 19.6. The second-order valence-corrected chi connectivity index (χ2v) is 8.68.